The van der Waals surface area contributed by atoms with Crippen LogP contribution in [0.5, 0.6) is 0 Å². The second-order valence-corrected chi connectivity index (χ2v) is 7.58. The number of carbonyl (C=O) groups excluding carboxylic acids is 1. The number of hydrogen-bond acceptors (Lipinski definition) is 5. The molecule has 2 aromatic rings. The van der Waals surface area contributed by atoms with E-state index < -0.39 is 0 Å². The molecule has 0 N–H and O–H groups in total. The standard InChI is InChI=1S/C16H23N3OS2/c1-6-12-9-13-14(17-11(5)18-15(13)22-12)21-10(4)16(20)19(7-2)8-3/h9-10H,6-8H2,1-5H3. The summed E-state index contributed by atoms with van der Waals surface area (Å²) in [6, 6.07) is 2.16. The fraction of sp³-hybridized carbons (Fsp3) is 0.562. The summed E-state index contributed by atoms with van der Waals surface area (Å²) in [6.45, 7) is 11.5. The quantitative estimate of drug-likeness (QED) is 0.592. The van der Waals surface area contributed by atoms with Crippen LogP contribution in [0.1, 0.15) is 38.4 Å². The monoisotopic (exact) mass is 337 g/mol. The summed E-state index contributed by atoms with van der Waals surface area (Å²) in [6.07, 6.45) is 0.998. The van der Waals surface area contributed by atoms with Crippen LogP contribution in [-0.2, 0) is 11.2 Å². The first-order chi connectivity index (χ1) is 10.5. The van der Waals surface area contributed by atoms with Crippen LogP contribution >= 0.6 is 23.1 Å². The fourth-order valence-electron chi connectivity index (χ4n) is 2.32. The SMILES string of the molecule is CCc1cc2c(SC(C)C(=O)N(CC)CC)nc(C)nc2s1. The van der Waals surface area contributed by atoms with Gasteiger partial charge in [-0.2, -0.15) is 0 Å². The maximum absolute atomic E-state index is 12.5. The number of amides is 1. The number of thioether (sulfide) groups is 1. The average Bonchev–Trinajstić information content (AvgIpc) is 2.91. The van der Waals surface area contributed by atoms with Gasteiger partial charge in [0.25, 0.3) is 0 Å². The molecular formula is C16H23N3OS2. The first-order valence-electron chi connectivity index (χ1n) is 7.72. The maximum Gasteiger partial charge on any atom is 0.235 e. The number of aryl methyl sites for hydroxylation is 2. The van der Waals surface area contributed by atoms with Gasteiger partial charge in [-0.25, -0.2) is 9.97 Å². The Morgan fingerprint density at radius 2 is 2.00 bits per heavy atom. The minimum absolute atomic E-state index is 0.137. The highest BCUT2D eigenvalue weighted by molar-refractivity contribution is 8.00. The molecule has 0 aliphatic carbocycles. The Balaban J connectivity index is 2.30. The van der Waals surface area contributed by atoms with Gasteiger partial charge in [0.05, 0.1) is 5.25 Å². The number of aromatic nitrogens is 2. The predicted octanol–water partition coefficient (Wildman–Crippen LogP) is 3.91. The summed E-state index contributed by atoms with van der Waals surface area (Å²) >= 11 is 3.26. The van der Waals surface area contributed by atoms with Crippen molar-refractivity contribution in [1.82, 2.24) is 14.9 Å². The van der Waals surface area contributed by atoms with Gasteiger partial charge < -0.3 is 4.90 Å². The Hall–Kier alpha value is -1.14. The molecule has 0 saturated heterocycles. The minimum Gasteiger partial charge on any atom is -0.342 e. The first-order valence-corrected chi connectivity index (χ1v) is 9.42. The summed E-state index contributed by atoms with van der Waals surface area (Å²) in [5.41, 5.74) is 0. The average molecular weight is 338 g/mol. The largest absolute Gasteiger partial charge is 0.342 e. The molecule has 2 aromatic heterocycles. The molecule has 0 spiro atoms. The van der Waals surface area contributed by atoms with Crippen molar-refractivity contribution >= 4 is 39.2 Å². The van der Waals surface area contributed by atoms with Crippen molar-refractivity contribution in [3.8, 4) is 0 Å². The molecule has 0 bridgehead atoms. The van der Waals surface area contributed by atoms with E-state index >= 15 is 0 Å². The Morgan fingerprint density at radius 1 is 1.32 bits per heavy atom. The lowest BCUT2D eigenvalue weighted by atomic mass is 10.3. The van der Waals surface area contributed by atoms with Gasteiger partial charge in [0.15, 0.2) is 0 Å². The van der Waals surface area contributed by atoms with E-state index in [1.165, 1.54) is 4.88 Å². The number of fused-ring (bicyclic) bond motifs is 1. The van der Waals surface area contributed by atoms with Gasteiger partial charge in [-0.3, -0.25) is 4.79 Å². The van der Waals surface area contributed by atoms with Crippen LogP contribution in [0, 0.1) is 6.92 Å². The van der Waals surface area contributed by atoms with Crippen LogP contribution in [0.25, 0.3) is 10.2 Å². The molecule has 0 aliphatic rings. The number of nitrogens with zero attached hydrogens (tertiary/aromatic N) is 3. The Bertz CT molecular complexity index is 665. The zero-order valence-electron chi connectivity index (χ0n) is 13.8. The highest BCUT2D eigenvalue weighted by Crippen LogP contribution is 2.34. The molecule has 1 amide bonds. The molecule has 6 heteroatoms. The van der Waals surface area contributed by atoms with E-state index in [1.54, 1.807) is 23.1 Å². The third kappa shape index (κ3) is 3.60. The van der Waals surface area contributed by atoms with Gasteiger partial charge in [-0.15, -0.1) is 11.3 Å². The zero-order valence-corrected chi connectivity index (χ0v) is 15.5. The molecule has 1 unspecified atom stereocenters. The van der Waals surface area contributed by atoms with Crippen molar-refractivity contribution in [2.24, 2.45) is 0 Å². The minimum atomic E-state index is -0.137. The van der Waals surface area contributed by atoms with Crippen molar-refractivity contribution in [3.63, 3.8) is 0 Å². The first kappa shape index (κ1) is 17.2. The van der Waals surface area contributed by atoms with Crippen LogP contribution < -0.4 is 0 Å². The smallest absolute Gasteiger partial charge is 0.235 e. The molecule has 2 heterocycles. The number of carbonyl (C=O) groups is 1. The third-order valence-corrected chi connectivity index (χ3v) is 5.84. The Morgan fingerprint density at radius 3 is 2.59 bits per heavy atom. The number of thiophene rings is 1. The highest BCUT2D eigenvalue weighted by Gasteiger charge is 2.21. The predicted molar refractivity (Wildman–Crippen MR) is 94.8 cm³/mol. The second kappa shape index (κ2) is 7.42. The molecule has 4 nitrogen and oxygen atoms in total. The molecular weight excluding hydrogens is 314 g/mol. The second-order valence-electron chi connectivity index (χ2n) is 5.13. The highest BCUT2D eigenvalue weighted by atomic mass is 32.2. The van der Waals surface area contributed by atoms with Crippen LogP contribution in [0.15, 0.2) is 11.1 Å². The van der Waals surface area contributed by atoms with Crippen molar-refractivity contribution in [3.05, 3.63) is 16.8 Å². The number of hydrogen-bond donors (Lipinski definition) is 0. The molecule has 0 saturated carbocycles. The van der Waals surface area contributed by atoms with Gasteiger partial charge in [0, 0.05) is 23.4 Å². The van der Waals surface area contributed by atoms with Gasteiger partial charge in [-0.05, 0) is 40.2 Å². The topological polar surface area (TPSA) is 46.1 Å². The third-order valence-electron chi connectivity index (χ3n) is 3.58. The summed E-state index contributed by atoms with van der Waals surface area (Å²) in [5, 5.41) is 1.87. The van der Waals surface area contributed by atoms with Crippen LogP contribution in [0.4, 0.5) is 0 Å². The molecule has 0 fully saturated rings. The van der Waals surface area contributed by atoms with Gasteiger partial charge in [-0.1, -0.05) is 18.7 Å². The summed E-state index contributed by atoms with van der Waals surface area (Å²) < 4.78 is 0. The van der Waals surface area contributed by atoms with E-state index in [4.69, 9.17) is 0 Å². The Labute approximate surface area is 140 Å². The van der Waals surface area contributed by atoms with Crippen molar-refractivity contribution in [2.45, 2.75) is 51.3 Å². The molecule has 0 radical (unpaired) electrons. The van der Waals surface area contributed by atoms with Gasteiger partial charge in [0.1, 0.15) is 15.7 Å². The molecule has 2 rings (SSSR count). The molecule has 1 atom stereocenters. The van der Waals surface area contributed by atoms with E-state index in [9.17, 15) is 4.79 Å². The van der Waals surface area contributed by atoms with E-state index in [1.807, 2.05) is 32.6 Å². The van der Waals surface area contributed by atoms with E-state index in [2.05, 4.69) is 23.0 Å². The summed E-state index contributed by atoms with van der Waals surface area (Å²) in [4.78, 5) is 25.7. The Kier molecular flexibility index (Phi) is 5.81. The van der Waals surface area contributed by atoms with E-state index in [0.717, 1.165) is 40.6 Å². The zero-order chi connectivity index (χ0) is 16.3. The molecule has 22 heavy (non-hydrogen) atoms. The van der Waals surface area contributed by atoms with Crippen molar-refractivity contribution in [1.29, 1.82) is 0 Å². The molecule has 120 valence electrons. The van der Waals surface area contributed by atoms with Gasteiger partial charge >= 0.3 is 0 Å². The number of rotatable bonds is 6. The van der Waals surface area contributed by atoms with E-state index in [-0.39, 0.29) is 11.2 Å². The van der Waals surface area contributed by atoms with Crippen LogP contribution in [0.2, 0.25) is 0 Å². The molecule has 0 aromatic carbocycles. The summed E-state index contributed by atoms with van der Waals surface area (Å²) in [5.74, 6) is 0.937. The van der Waals surface area contributed by atoms with Crippen LogP contribution in [0.3, 0.4) is 0 Å². The van der Waals surface area contributed by atoms with Crippen molar-refractivity contribution in [2.75, 3.05) is 13.1 Å². The van der Waals surface area contributed by atoms with Crippen LogP contribution in [-0.4, -0.2) is 39.1 Å². The van der Waals surface area contributed by atoms with Crippen molar-refractivity contribution < 1.29 is 4.79 Å². The lowest BCUT2D eigenvalue weighted by molar-refractivity contribution is -0.129. The maximum atomic E-state index is 12.5. The normalized spacial score (nSPS) is 12.6. The molecule has 0 aliphatic heterocycles. The lowest BCUT2D eigenvalue weighted by Crippen LogP contribution is -2.36. The van der Waals surface area contributed by atoms with E-state index in [0.29, 0.717) is 0 Å². The fourth-order valence-corrected chi connectivity index (χ4v) is 4.45. The summed E-state index contributed by atoms with van der Waals surface area (Å²) in [7, 11) is 0. The van der Waals surface area contributed by atoms with Gasteiger partial charge in [0.2, 0.25) is 5.91 Å². The lowest BCUT2D eigenvalue weighted by Gasteiger charge is -2.22.